The summed E-state index contributed by atoms with van der Waals surface area (Å²) in [5.41, 5.74) is 0. The maximum atomic E-state index is 11.5. The van der Waals surface area contributed by atoms with Gasteiger partial charge in [0.15, 0.2) is 0 Å². The molecule has 0 aromatic carbocycles. The lowest BCUT2D eigenvalue weighted by molar-refractivity contribution is -0.138. The van der Waals surface area contributed by atoms with Gasteiger partial charge in [0.1, 0.15) is 6.61 Å². The van der Waals surface area contributed by atoms with Crippen molar-refractivity contribution in [1.82, 2.24) is 0 Å². The first kappa shape index (κ1) is 17.6. The van der Waals surface area contributed by atoms with E-state index in [9.17, 15) is 4.79 Å². The topological polar surface area (TPSA) is 46.5 Å². The molecule has 0 saturated heterocycles. The van der Waals surface area contributed by atoms with E-state index in [0.717, 1.165) is 18.1 Å². The third-order valence-corrected chi connectivity index (χ3v) is 8.14. The summed E-state index contributed by atoms with van der Waals surface area (Å²) in [6.45, 7) is 12.6. The van der Waals surface area contributed by atoms with E-state index in [2.05, 4.69) is 41.5 Å². The van der Waals surface area contributed by atoms with E-state index in [1.807, 2.05) is 0 Å². The van der Waals surface area contributed by atoms with Gasteiger partial charge < -0.3 is 9.53 Å². The molecule has 4 heteroatoms. The molecule has 0 aromatic rings. The average molecular weight is 274 g/mol. The Balaban J connectivity index is 5.03. The number of aliphatic hydroxyl groups excluding tert-OH is 1. The zero-order chi connectivity index (χ0) is 14.3. The van der Waals surface area contributed by atoms with Crippen molar-refractivity contribution >= 4 is 14.3 Å². The molecule has 0 saturated carbocycles. The molecular weight excluding hydrogens is 244 g/mol. The highest BCUT2D eigenvalue weighted by Crippen LogP contribution is 2.33. The molecule has 0 heterocycles. The monoisotopic (exact) mass is 274 g/mol. The van der Waals surface area contributed by atoms with Gasteiger partial charge in [-0.25, -0.2) is 0 Å². The Labute approximate surface area is 113 Å². The van der Waals surface area contributed by atoms with Gasteiger partial charge in [0.2, 0.25) is 0 Å². The van der Waals surface area contributed by atoms with Crippen molar-refractivity contribution in [1.29, 1.82) is 0 Å². The van der Waals surface area contributed by atoms with Crippen LogP contribution in [0.5, 0.6) is 0 Å². The Kier molecular flexibility index (Phi) is 7.79. The van der Waals surface area contributed by atoms with Gasteiger partial charge in [0.05, 0.1) is 0 Å². The summed E-state index contributed by atoms with van der Waals surface area (Å²) in [7, 11) is -2.08. The van der Waals surface area contributed by atoms with Gasteiger partial charge in [-0.05, 0) is 35.9 Å². The van der Waals surface area contributed by atoms with Gasteiger partial charge in [-0.1, -0.05) is 41.5 Å². The number of carbonyl (C=O) groups excluding carboxylic acids is 1. The summed E-state index contributed by atoms with van der Waals surface area (Å²) in [6, 6.07) is 2.99. The van der Waals surface area contributed by atoms with Gasteiger partial charge in [-0.3, -0.25) is 4.79 Å². The van der Waals surface area contributed by atoms with E-state index in [0.29, 0.717) is 17.8 Å². The molecule has 0 aliphatic carbocycles. The van der Waals surface area contributed by atoms with Crippen molar-refractivity contribution in [2.75, 3.05) is 6.61 Å². The predicted octanol–water partition coefficient (Wildman–Crippen LogP) is 3.44. The smallest absolute Gasteiger partial charge is 0.318 e. The normalized spacial score (nSPS) is 12.6. The third kappa shape index (κ3) is 7.16. The Morgan fingerprint density at radius 1 is 0.944 bits per heavy atom. The van der Waals surface area contributed by atoms with Crippen LogP contribution in [0.25, 0.3) is 0 Å². The molecule has 0 aromatic heterocycles. The molecule has 18 heavy (non-hydrogen) atoms. The highest BCUT2D eigenvalue weighted by molar-refractivity contribution is 6.75. The van der Waals surface area contributed by atoms with Crippen molar-refractivity contribution in [3.05, 3.63) is 0 Å². The summed E-state index contributed by atoms with van der Waals surface area (Å²) in [5, 5.41) is 8.95. The fourth-order valence-corrected chi connectivity index (χ4v) is 8.64. The van der Waals surface area contributed by atoms with Crippen molar-refractivity contribution in [3.8, 4) is 0 Å². The van der Waals surface area contributed by atoms with Crippen molar-refractivity contribution in [2.45, 2.75) is 59.7 Å². The minimum absolute atomic E-state index is 0.441. The molecule has 0 rings (SSSR count). The molecular formula is C14H30O3Si. The maximum absolute atomic E-state index is 11.5. The fourth-order valence-electron chi connectivity index (χ4n) is 2.88. The summed E-state index contributed by atoms with van der Waals surface area (Å²) >= 11 is 0. The molecule has 0 radical (unpaired) electrons. The Hall–Kier alpha value is -0.353. The molecule has 0 aliphatic rings. The first-order chi connectivity index (χ1) is 8.20. The van der Waals surface area contributed by atoms with E-state index in [1.54, 1.807) is 0 Å². The van der Waals surface area contributed by atoms with Crippen LogP contribution in [0.4, 0.5) is 0 Å². The lowest BCUT2D eigenvalue weighted by Gasteiger charge is -2.35. The maximum Gasteiger partial charge on any atom is 0.318 e. The minimum atomic E-state index is -2.08. The predicted molar refractivity (Wildman–Crippen MR) is 77.9 cm³/mol. The van der Waals surface area contributed by atoms with Crippen molar-refractivity contribution in [3.63, 3.8) is 0 Å². The molecule has 0 amide bonds. The van der Waals surface area contributed by atoms with Crippen LogP contribution in [0.3, 0.4) is 0 Å². The van der Waals surface area contributed by atoms with Crippen LogP contribution in [-0.4, -0.2) is 26.0 Å². The van der Waals surface area contributed by atoms with Gasteiger partial charge in [-0.2, -0.15) is 0 Å². The zero-order valence-electron chi connectivity index (χ0n) is 12.8. The quantitative estimate of drug-likeness (QED) is 0.690. The van der Waals surface area contributed by atoms with E-state index >= 15 is 0 Å². The zero-order valence-corrected chi connectivity index (χ0v) is 13.8. The Bertz CT molecular complexity index is 223. The summed E-state index contributed by atoms with van der Waals surface area (Å²) in [4.78, 5) is 11.5. The van der Waals surface area contributed by atoms with Gasteiger partial charge >= 0.3 is 5.97 Å². The summed E-state index contributed by atoms with van der Waals surface area (Å²) < 4.78 is 5.77. The lowest BCUT2D eigenvalue weighted by atomic mass is 10.2. The van der Waals surface area contributed by atoms with Crippen LogP contribution in [0, 0.1) is 17.8 Å². The van der Waals surface area contributed by atoms with Gasteiger partial charge in [-0.15, -0.1) is 0 Å². The first-order valence-corrected chi connectivity index (χ1v) is 9.56. The Morgan fingerprint density at radius 3 is 1.50 bits per heavy atom. The molecule has 1 N–H and O–H groups in total. The highest BCUT2D eigenvalue weighted by Gasteiger charge is 2.40. The number of rotatable bonds is 8. The summed E-state index contributed by atoms with van der Waals surface area (Å²) in [6.07, 6.45) is 0. The van der Waals surface area contributed by atoms with Crippen LogP contribution < -0.4 is 0 Å². The second kappa shape index (κ2) is 7.95. The average Bonchev–Trinajstić information content (AvgIpc) is 2.12. The largest absolute Gasteiger partial charge is 0.517 e. The van der Waals surface area contributed by atoms with Crippen molar-refractivity contribution in [2.24, 2.45) is 17.8 Å². The second-order valence-corrected chi connectivity index (χ2v) is 10.4. The van der Waals surface area contributed by atoms with E-state index in [1.165, 1.54) is 0 Å². The SMILES string of the molecule is CC(C)C[Si](CC(C)C)(CC(C)C)OC(=O)CO. The molecule has 0 aliphatic heterocycles. The molecule has 0 atom stereocenters. The number of hydrogen-bond donors (Lipinski definition) is 1. The number of hydrogen-bond acceptors (Lipinski definition) is 3. The molecule has 0 spiro atoms. The highest BCUT2D eigenvalue weighted by atomic mass is 28.4. The second-order valence-electron chi connectivity index (χ2n) is 6.61. The van der Waals surface area contributed by atoms with Crippen LogP contribution >= 0.6 is 0 Å². The molecule has 0 fully saturated rings. The van der Waals surface area contributed by atoms with Crippen LogP contribution in [0.2, 0.25) is 18.1 Å². The van der Waals surface area contributed by atoms with Crippen LogP contribution in [0.15, 0.2) is 0 Å². The van der Waals surface area contributed by atoms with Gasteiger partial charge in [0.25, 0.3) is 8.32 Å². The van der Waals surface area contributed by atoms with E-state index < -0.39 is 20.9 Å². The van der Waals surface area contributed by atoms with Crippen LogP contribution in [-0.2, 0) is 9.22 Å². The third-order valence-electron chi connectivity index (χ3n) is 2.80. The summed E-state index contributed by atoms with van der Waals surface area (Å²) in [5.74, 6) is 1.14. The minimum Gasteiger partial charge on any atom is -0.517 e. The first-order valence-electron chi connectivity index (χ1n) is 7.03. The molecule has 0 bridgehead atoms. The van der Waals surface area contributed by atoms with Crippen molar-refractivity contribution < 1.29 is 14.3 Å². The van der Waals surface area contributed by atoms with Crippen LogP contribution in [0.1, 0.15) is 41.5 Å². The van der Waals surface area contributed by atoms with Gasteiger partial charge in [0, 0.05) is 0 Å². The fraction of sp³-hybridized carbons (Fsp3) is 0.929. The van der Waals surface area contributed by atoms with E-state index in [4.69, 9.17) is 9.53 Å². The lowest BCUT2D eigenvalue weighted by Crippen LogP contribution is -2.44. The number of aliphatic hydroxyl groups is 1. The molecule has 3 nitrogen and oxygen atoms in total. The molecule has 108 valence electrons. The number of carbonyl (C=O) groups is 1. The molecule has 0 unspecified atom stereocenters. The standard InChI is InChI=1S/C14H30O3Si/c1-11(2)8-18(9-12(3)4,10-13(5)6)17-14(16)7-15/h11-13,15H,7-10H2,1-6H3. The Morgan fingerprint density at radius 2 is 1.28 bits per heavy atom. The van der Waals surface area contributed by atoms with E-state index in [-0.39, 0.29) is 0 Å².